The molecular weight excluding hydrogens is 238 g/mol. The van der Waals surface area contributed by atoms with Gasteiger partial charge in [0.1, 0.15) is 5.52 Å². The molecule has 1 aromatic carbocycles. The molecule has 1 N–H and O–H groups in total. The Hall–Kier alpha value is -1.55. The van der Waals surface area contributed by atoms with Gasteiger partial charge in [-0.25, -0.2) is 4.98 Å². The summed E-state index contributed by atoms with van der Waals surface area (Å²) in [4.78, 5) is 6.74. The van der Waals surface area contributed by atoms with E-state index in [2.05, 4.69) is 48.2 Å². The lowest BCUT2D eigenvalue weighted by Gasteiger charge is -2.27. The summed E-state index contributed by atoms with van der Waals surface area (Å²) in [5.41, 5.74) is 3.23. The number of anilines is 1. The number of fused-ring (bicyclic) bond motifs is 1. The number of rotatable bonds is 2. The minimum absolute atomic E-state index is 0.230. The Morgan fingerprint density at radius 3 is 2.89 bits per heavy atom. The van der Waals surface area contributed by atoms with Gasteiger partial charge in [0.05, 0.1) is 0 Å². The molecule has 1 aromatic heterocycles. The van der Waals surface area contributed by atoms with Crippen LogP contribution in [-0.2, 0) is 0 Å². The van der Waals surface area contributed by atoms with Gasteiger partial charge in [0, 0.05) is 37.8 Å². The van der Waals surface area contributed by atoms with Crippen molar-refractivity contribution < 1.29 is 4.42 Å². The van der Waals surface area contributed by atoms with Crippen molar-refractivity contribution >= 4 is 16.8 Å². The Morgan fingerprint density at radius 2 is 2.21 bits per heavy atom. The molecule has 0 amide bonds. The van der Waals surface area contributed by atoms with Gasteiger partial charge >= 0.3 is 0 Å². The molecular formula is C15H21N3O. The van der Waals surface area contributed by atoms with E-state index in [0.29, 0.717) is 6.04 Å². The number of hydrogen-bond acceptors (Lipinski definition) is 4. The van der Waals surface area contributed by atoms with Gasteiger partial charge in [0.25, 0.3) is 0 Å². The summed E-state index contributed by atoms with van der Waals surface area (Å²) in [7, 11) is 2.15. The van der Waals surface area contributed by atoms with Gasteiger partial charge in [-0.15, -0.1) is 0 Å². The molecule has 1 aliphatic rings. The van der Waals surface area contributed by atoms with Crippen LogP contribution in [-0.4, -0.2) is 30.2 Å². The Balaban J connectivity index is 1.87. The third-order valence-corrected chi connectivity index (χ3v) is 4.00. The molecule has 1 fully saturated rings. The lowest BCUT2D eigenvalue weighted by atomic mass is 10.0. The van der Waals surface area contributed by atoms with Crippen LogP contribution in [0, 0.1) is 6.92 Å². The van der Waals surface area contributed by atoms with Crippen molar-refractivity contribution in [1.82, 2.24) is 10.3 Å². The molecule has 1 aliphatic heterocycles. The predicted octanol–water partition coefficient (Wildman–Crippen LogP) is 2.71. The fourth-order valence-corrected chi connectivity index (χ4v) is 2.86. The van der Waals surface area contributed by atoms with Crippen molar-refractivity contribution in [2.24, 2.45) is 0 Å². The van der Waals surface area contributed by atoms with Crippen LogP contribution in [0.25, 0.3) is 11.1 Å². The van der Waals surface area contributed by atoms with E-state index in [0.717, 1.165) is 30.0 Å². The number of nitrogens with zero attached hydrogens (tertiary/aromatic N) is 2. The monoisotopic (exact) mass is 259 g/mol. The fourth-order valence-electron chi connectivity index (χ4n) is 2.86. The van der Waals surface area contributed by atoms with Crippen molar-refractivity contribution in [2.75, 3.05) is 18.5 Å². The number of likely N-dealkylation sites (N-methyl/N-ethyl adjacent to an activating group) is 1. The van der Waals surface area contributed by atoms with E-state index in [1.165, 1.54) is 5.69 Å². The number of nitrogens with one attached hydrogen (secondary N) is 1. The van der Waals surface area contributed by atoms with E-state index in [-0.39, 0.29) is 5.54 Å². The van der Waals surface area contributed by atoms with E-state index >= 15 is 0 Å². The fraction of sp³-hybridized carbons (Fsp3) is 0.533. The Kier molecular flexibility index (Phi) is 2.78. The summed E-state index contributed by atoms with van der Waals surface area (Å²) >= 11 is 0. The van der Waals surface area contributed by atoms with Crippen LogP contribution in [0.2, 0.25) is 0 Å². The number of aromatic nitrogens is 1. The van der Waals surface area contributed by atoms with Crippen LogP contribution in [0.3, 0.4) is 0 Å². The zero-order valence-electron chi connectivity index (χ0n) is 12.0. The maximum Gasteiger partial charge on any atom is 0.192 e. The zero-order chi connectivity index (χ0) is 13.6. The summed E-state index contributed by atoms with van der Waals surface area (Å²) in [5.74, 6) is 0.721. The molecule has 19 heavy (non-hydrogen) atoms. The first-order valence-electron chi connectivity index (χ1n) is 6.80. The average molecular weight is 259 g/mol. The molecule has 2 heterocycles. The van der Waals surface area contributed by atoms with E-state index in [1.807, 2.05) is 13.0 Å². The van der Waals surface area contributed by atoms with Crippen LogP contribution in [0.5, 0.6) is 0 Å². The van der Waals surface area contributed by atoms with Gasteiger partial charge in [-0.3, -0.25) is 0 Å². The van der Waals surface area contributed by atoms with Gasteiger partial charge in [0.2, 0.25) is 0 Å². The van der Waals surface area contributed by atoms with Crippen molar-refractivity contribution in [1.29, 1.82) is 0 Å². The number of hydrogen-bond donors (Lipinski definition) is 1. The van der Waals surface area contributed by atoms with E-state index in [1.54, 1.807) is 0 Å². The lowest BCUT2D eigenvalue weighted by molar-refractivity contribution is 0.454. The molecule has 0 aliphatic carbocycles. The van der Waals surface area contributed by atoms with Crippen LogP contribution in [0.1, 0.15) is 26.2 Å². The molecule has 0 saturated carbocycles. The van der Waals surface area contributed by atoms with Gasteiger partial charge in [-0.1, -0.05) is 0 Å². The van der Waals surface area contributed by atoms with Gasteiger partial charge in [0.15, 0.2) is 11.5 Å². The molecule has 1 saturated heterocycles. The summed E-state index contributed by atoms with van der Waals surface area (Å²) in [5, 5.41) is 3.56. The average Bonchev–Trinajstić information content (AvgIpc) is 2.88. The first-order chi connectivity index (χ1) is 8.94. The van der Waals surface area contributed by atoms with Crippen LogP contribution >= 0.6 is 0 Å². The Bertz CT molecular complexity index is 602. The quantitative estimate of drug-likeness (QED) is 0.900. The van der Waals surface area contributed by atoms with Crippen molar-refractivity contribution in [3.05, 3.63) is 24.1 Å². The summed E-state index contributed by atoms with van der Waals surface area (Å²) < 4.78 is 5.52. The normalized spacial score (nSPS) is 22.0. The molecule has 102 valence electrons. The minimum Gasteiger partial charge on any atom is -0.441 e. The second kappa shape index (κ2) is 4.23. The summed E-state index contributed by atoms with van der Waals surface area (Å²) in [6, 6.07) is 6.75. The Morgan fingerprint density at radius 1 is 1.42 bits per heavy atom. The first-order valence-corrected chi connectivity index (χ1v) is 6.80. The molecule has 2 aromatic rings. The molecule has 0 bridgehead atoms. The molecule has 0 spiro atoms. The highest BCUT2D eigenvalue weighted by Gasteiger charge is 2.32. The second-order valence-electron chi connectivity index (χ2n) is 6.12. The van der Waals surface area contributed by atoms with E-state index in [4.69, 9.17) is 4.42 Å². The van der Waals surface area contributed by atoms with Crippen molar-refractivity contribution in [2.45, 2.75) is 38.8 Å². The smallest absolute Gasteiger partial charge is 0.192 e. The largest absolute Gasteiger partial charge is 0.441 e. The highest BCUT2D eigenvalue weighted by molar-refractivity contribution is 5.77. The number of oxazole rings is 1. The van der Waals surface area contributed by atoms with E-state index in [9.17, 15) is 0 Å². The number of benzene rings is 1. The SMILES string of the molecule is Cc1nc2cc(N(C)C3CNC(C)(C)C3)ccc2o1. The minimum atomic E-state index is 0.230. The maximum absolute atomic E-state index is 5.52. The zero-order valence-corrected chi connectivity index (χ0v) is 12.0. The maximum atomic E-state index is 5.52. The molecule has 1 atom stereocenters. The molecule has 1 unspecified atom stereocenters. The molecule has 3 rings (SSSR count). The highest BCUT2D eigenvalue weighted by Crippen LogP contribution is 2.28. The Labute approximate surface area is 113 Å². The highest BCUT2D eigenvalue weighted by atomic mass is 16.3. The standard InChI is InChI=1S/C15H21N3O/c1-10-17-13-7-11(5-6-14(13)19-10)18(4)12-8-15(2,3)16-9-12/h5-7,12,16H,8-9H2,1-4H3. The third kappa shape index (κ3) is 2.32. The third-order valence-electron chi connectivity index (χ3n) is 4.00. The summed E-state index contributed by atoms with van der Waals surface area (Å²) in [6.07, 6.45) is 1.15. The van der Waals surface area contributed by atoms with Crippen LogP contribution in [0.15, 0.2) is 22.6 Å². The van der Waals surface area contributed by atoms with Gasteiger partial charge in [-0.2, -0.15) is 0 Å². The second-order valence-corrected chi connectivity index (χ2v) is 6.12. The van der Waals surface area contributed by atoms with Crippen LogP contribution < -0.4 is 10.2 Å². The molecule has 4 nitrogen and oxygen atoms in total. The van der Waals surface area contributed by atoms with Crippen molar-refractivity contribution in [3.8, 4) is 0 Å². The molecule has 4 heteroatoms. The molecule has 0 radical (unpaired) electrons. The van der Waals surface area contributed by atoms with Gasteiger partial charge in [-0.05, 0) is 38.5 Å². The van der Waals surface area contributed by atoms with E-state index < -0.39 is 0 Å². The first kappa shape index (κ1) is 12.5. The topological polar surface area (TPSA) is 41.3 Å². The number of aryl methyl sites for hydroxylation is 1. The van der Waals surface area contributed by atoms with Gasteiger partial charge < -0.3 is 14.6 Å². The van der Waals surface area contributed by atoms with Crippen LogP contribution in [0.4, 0.5) is 5.69 Å². The predicted molar refractivity (Wildman–Crippen MR) is 77.6 cm³/mol. The van der Waals surface area contributed by atoms with Crippen molar-refractivity contribution in [3.63, 3.8) is 0 Å². The lowest BCUT2D eigenvalue weighted by Crippen LogP contribution is -2.33. The summed E-state index contributed by atoms with van der Waals surface area (Å²) in [6.45, 7) is 7.42.